The van der Waals surface area contributed by atoms with E-state index in [1.165, 1.54) is 0 Å². The van der Waals surface area contributed by atoms with Gasteiger partial charge in [0.25, 0.3) is 0 Å². The van der Waals surface area contributed by atoms with Gasteiger partial charge in [-0.1, -0.05) is 0 Å². The van der Waals surface area contributed by atoms with Crippen LogP contribution in [0, 0.1) is 0 Å². The molecular weight excluding hydrogens is 210 g/mol. The Morgan fingerprint density at radius 3 is 1.25 bits per heavy atom. The summed E-state index contributed by atoms with van der Waals surface area (Å²) in [5, 5.41) is 0. The third-order valence-corrected chi connectivity index (χ3v) is 0. The molecule has 0 aliphatic carbocycles. The molecule has 0 aliphatic heterocycles. The number of halogens is 1. The van der Waals surface area contributed by atoms with Gasteiger partial charge in [-0.15, -0.1) is 0 Å². The van der Waals surface area contributed by atoms with E-state index in [0.29, 0.717) is 47.1 Å². The van der Waals surface area contributed by atoms with Crippen molar-refractivity contribution in [1.29, 1.82) is 0 Å². The molecular formula is H5CaClKO4P. The van der Waals surface area contributed by atoms with Crippen LogP contribution in [0.5, 0.6) is 0 Å². The van der Waals surface area contributed by atoms with Crippen molar-refractivity contribution in [3.8, 4) is 0 Å². The van der Waals surface area contributed by atoms with E-state index in [-0.39, 0.29) is 37.7 Å². The van der Waals surface area contributed by atoms with Crippen LogP contribution >= 0.6 is 11.6 Å². The molecule has 0 bridgehead atoms. The van der Waals surface area contributed by atoms with E-state index in [1.54, 1.807) is 0 Å². The van der Waals surface area contributed by atoms with Crippen LogP contribution in [0.4, 0.5) is 0 Å². The molecule has 0 saturated heterocycles. The molecule has 0 rings (SSSR count). The molecule has 0 heterocycles. The van der Waals surface area contributed by atoms with Crippen molar-refractivity contribution in [1.82, 2.24) is 0 Å². The van der Waals surface area contributed by atoms with Crippen LogP contribution in [0.1, 0.15) is 0 Å². The van der Waals surface area contributed by atoms with Crippen molar-refractivity contribution < 1.29 is 19.2 Å². The summed E-state index contributed by atoms with van der Waals surface area (Å²) < 4.78 is 13.7. The summed E-state index contributed by atoms with van der Waals surface area (Å²) in [6.07, 6.45) is 0. The molecule has 0 unspecified atom stereocenters. The summed E-state index contributed by atoms with van der Waals surface area (Å²) in [5.74, 6) is 0. The van der Waals surface area contributed by atoms with Gasteiger partial charge >= 0.3 is 96.5 Å². The predicted octanol–water partition coefficient (Wildman–Crippen LogP) is -1.54. The molecule has 0 spiro atoms. The van der Waals surface area contributed by atoms with E-state index in [0.717, 1.165) is 0 Å². The third kappa shape index (κ3) is 58.9. The number of phosphoric acid groups is 1. The van der Waals surface area contributed by atoms with E-state index in [4.69, 9.17) is 23.0 Å². The molecule has 0 fully saturated rings. The van der Waals surface area contributed by atoms with Gasteiger partial charge in [-0.2, -0.15) is 0 Å². The second kappa shape index (κ2) is 10.3. The molecule has 0 aliphatic rings. The van der Waals surface area contributed by atoms with Crippen LogP contribution in [-0.4, -0.2) is 99.6 Å². The van der Waals surface area contributed by atoms with Gasteiger partial charge in [0.1, 0.15) is 0 Å². The Hall–Kier alpha value is 3.30. The van der Waals surface area contributed by atoms with Crippen LogP contribution in [0.15, 0.2) is 0 Å². The first-order valence-corrected chi connectivity index (χ1v) is 7.02. The molecule has 8 heavy (non-hydrogen) atoms. The Bertz CT molecular complexity index is 62.2. The second-order valence-electron chi connectivity index (χ2n) is 0.513. The van der Waals surface area contributed by atoms with Gasteiger partial charge in [-0.3, -0.25) is 0 Å². The van der Waals surface area contributed by atoms with Crippen molar-refractivity contribution >= 4 is 96.5 Å². The SMILES string of the molecule is O=P(O)(O)O.[CaH2].[Cl][K]. The van der Waals surface area contributed by atoms with E-state index >= 15 is 0 Å². The van der Waals surface area contributed by atoms with Crippen molar-refractivity contribution in [3.05, 3.63) is 0 Å². The quantitative estimate of drug-likeness (QED) is 0.338. The summed E-state index contributed by atoms with van der Waals surface area (Å²) in [6.45, 7) is 0. The van der Waals surface area contributed by atoms with Crippen LogP contribution < -0.4 is 0 Å². The number of hydrogen-bond donors (Lipinski definition) is 3. The molecule has 0 aromatic rings. The molecule has 44 valence electrons. The molecule has 0 atom stereocenters. The van der Waals surface area contributed by atoms with Gasteiger partial charge in [-0.05, 0) is 0 Å². The van der Waals surface area contributed by atoms with Crippen molar-refractivity contribution in [2.75, 3.05) is 0 Å². The Labute approximate surface area is 113 Å². The summed E-state index contributed by atoms with van der Waals surface area (Å²) in [7, 11) is -4.64. The summed E-state index contributed by atoms with van der Waals surface area (Å²) >= 11 is 0.535. The van der Waals surface area contributed by atoms with Crippen LogP contribution in [0.2, 0.25) is 0 Å². The molecule has 0 aromatic carbocycles. The van der Waals surface area contributed by atoms with Crippen LogP contribution in [-0.2, 0) is 4.57 Å². The Kier molecular flexibility index (Phi) is 22.4. The van der Waals surface area contributed by atoms with Gasteiger partial charge in [0.2, 0.25) is 0 Å². The minimum absolute atomic E-state index is 0. The van der Waals surface area contributed by atoms with Crippen molar-refractivity contribution in [3.63, 3.8) is 0 Å². The average molecular weight is 215 g/mol. The molecule has 0 amide bonds. The first-order chi connectivity index (χ1) is 3.00. The molecule has 4 nitrogen and oxygen atoms in total. The van der Waals surface area contributed by atoms with Crippen molar-refractivity contribution in [2.24, 2.45) is 0 Å². The van der Waals surface area contributed by atoms with E-state index < -0.39 is 7.82 Å². The Balaban J connectivity index is -0.0000000750. The number of hydrogen-bond acceptors (Lipinski definition) is 1. The molecule has 8 heteroatoms. The predicted molar refractivity (Wildman–Crippen MR) is 34.4 cm³/mol. The van der Waals surface area contributed by atoms with Gasteiger partial charge < -0.3 is 14.7 Å². The monoisotopic (exact) mass is 214 g/mol. The first kappa shape index (κ1) is 17.4. The fourth-order valence-corrected chi connectivity index (χ4v) is 0. The van der Waals surface area contributed by atoms with Crippen LogP contribution in [0.3, 0.4) is 0 Å². The summed E-state index contributed by atoms with van der Waals surface area (Å²) in [4.78, 5) is 21.6. The topological polar surface area (TPSA) is 77.8 Å². The van der Waals surface area contributed by atoms with Gasteiger partial charge in [0, 0.05) is 0 Å². The van der Waals surface area contributed by atoms with E-state index in [1.807, 2.05) is 0 Å². The Morgan fingerprint density at radius 2 is 1.25 bits per heavy atom. The normalized spacial score (nSPS) is 8.25. The van der Waals surface area contributed by atoms with E-state index in [9.17, 15) is 0 Å². The zero-order chi connectivity index (χ0) is 6.50. The van der Waals surface area contributed by atoms with Gasteiger partial charge in [0.05, 0.1) is 0 Å². The zero-order valence-electron chi connectivity index (χ0n) is 3.58. The molecule has 0 radical (unpaired) electrons. The van der Waals surface area contributed by atoms with Gasteiger partial charge in [0.15, 0.2) is 0 Å². The molecule has 3 N–H and O–H groups in total. The standard InChI is InChI=1S/Ca.ClH.K.H3O4P.2H/c;;;1-5(2,3)4;;/h;1H;;(H3,1,2,3,4);;/q;;+1;;;/p-1. The second-order valence-corrected chi connectivity index (χ2v) is 1.54. The van der Waals surface area contributed by atoms with Gasteiger partial charge in [-0.25, -0.2) is 4.57 Å². The minimum atomic E-state index is -4.64. The maximum atomic E-state index is 8.88. The summed E-state index contributed by atoms with van der Waals surface area (Å²) in [5.41, 5.74) is 0. The fourth-order valence-electron chi connectivity index (χ4n) is 0. The zero-order valence-corrected chi connectivity index (χ0v) is 8.35. The molecule has 0 saturated carbocycles. The van der Waals surface area contributed by atoms with Crippen molar-refractivity contribution in [2.45, 2.75) is 0 Å². The van der Waals surface area contributed by atoms with Crippen LogP contribution in [0.25, 0.3) is 0 Å². The molecule has 0 aromatic heterocycles. The number of rotatable bonds is 0. The Morgan fingerprint density at radius 1 is 1.25 bits per heavy atom. The van der Waals surface area contributed by atoms with E-state index in [2.05, 4.69) is 0 Å². The average Bonchev–Trinajstić information content (AvgIpc) is 1.36. The fraction of sp³-hybridized carbons (Fsp3) is 0. The summed E-state index contributed by atoms with van der Waals surface area (Å²) in [6, 6.07) is 0. The first-order valence-electron chi connectivity index (χ1n) is 1.16. The third-order valence-electron chi connectivity index (χ3n) is 0. The maximum absolute atomic E-state index is 8.88.